The van der Waals surface area contributed by atoms with Crippen LogP contribution in [0.2, 0.25) is 0 Å². The fourth-order valence-electron chi connectivity index (χ4n) is 3.01. The third kappa shape index (κ3) is 3.58. The highest BCUT2D eigenvalue weighted by atomic mass is 19.1. The number of halogens is 2. The van der Waals surface area contributed by atoms with Gasteiger partial charge in [0.2, 0.25) is 11.8 Å². The quantitative estimate of drug-likeness (QED) is 0.827. The number of rotatable bonds is 5. The van der Waals surface area contributed by atoms with Gasteiger partial charge in [-0.05, 0) is 18.1 Å². The van der Waals surface area contributed by atoms with E-state index in [9.17, 15) is 23.5 Å². The minimum atomic E-state index is -1.41. The molecule has 2 heterocycles. The number of amides is 2. The normalized spacial score (nSPS) is 18.9. The van der Waals surface area contributed by atoms with Crippen LogP contribution >= 0.6 is 0 Å². The zero-order valence-corrected chi connectivity index (χ0v) is 13.5. The number of aryl methyl sites for hydroxylation is 1. The van der Waals surface area contributed by atoms with Crippen LogP contribution in [0.3, 0.4) is 0 Å². The van der Waals surface area contributed by atoms with Crippen LogP contribution < -0.4 is 0 Å². The third-order valence-electron chi connectivity index (χ3n) is 4.25. The third-order valence-corrected chi connectivity index (χ3v) is 4.25. The Morgan fingerprint density at radius 2 is 2.12 bits per heavy atom. The van der Waals surface area contributed by atoms with Crippen LogP contribution in [-0.2, 0) is 23.1 Å². The van der Waals surface area contributed by atoms with E-state index in [2.05, 4.69) is 5.10 Å². The van der Waals surface area contributed by atoms with Crippen molar-refractivity contribution in [2.75, 3.05) is 6.54 Å². The Hall–Kier alpha value is -2.61. The largest absolute Gasteiger partial charge is 0.386 e. The molecule has 0 unspecified atom stereocenters. The van der Waals surface area contributed by atoms with Crippen molar-refractivity contribution >= 4 is 11.8 Å². The first kappa shape index (κ1) is 17.2. The van der Waals surface area contributed by atoms with Crippen molar-refractivity contribution in [3.63, 3.8) is 0 Å². The van der Waals surface area contributed by atoms with Gasteiger partial charge in [-0.15, -0.1) is 0 Å². The zero-order chi connectivity index (χ0) is 18.1. The van der Waals surface area contributed by atoms with Gasteiger partial charge in [-0.1, -0.05) is 6.07 Å². The molecule has 1 aromatic heterocycles. The summed E-state index contributed by atoms with van der Waals surface area (Å²) in [6.45, 7) is -0.357. The number of carbonyl (C=O) groups is 2. The van der Waals surface area contributed by atoms with Gasteiger partial charge in [0.05, 0.1) is 24.8 Å². The Morgan fingerprint density at radius 1 is 1.36 bits per heavy atom. The van der Waals surface area contributed by atoms with E-state index >= 15 is 0 Å². The average Bonchev–Trinajstić information content (AvgIpc) is 3.06. The number of nitrogens with zero attached hydrogens (tertiary/aromatic N) is 3. The van der Waals surface area contributed by atoms with E-state index < -0.39 is 35.5 Å². The number of imide groups is 1. The Kier molecular flexibility index (Phi) is 4.63. The minimum absolute atomic E-state index is 0.0341. The fourth-order valence-corrected chi connectivity index (χ4v) is 3.01. The van der Waals surface area contributed by atoms with Crippen LogP contribution in [0.15, 0.2) is 30.6 Å². The second-order valence-corrected chi connectivity index (χ2v) is 6.15. The molecule has 0 aliphatic carbocycles. The summed E-state index contributed by atoms with van der Waals surface area (Å²) in [4.78, 5) is 25.5. The summed E-state index contributed by atoms with van der Waals surface area (Å²) in [6, 6.07) is 2.77. The number of β-amino-alcohol motifs (C(OH)–C–C–N with tert-alkyl or cyclic N) is 1. The van der Waals surface area contributed by atoms with Crippen LogP contribution in [0.4, 0.5) is 8.78 Å². The van der Waals surface area contributed by atoms with Crippen LogP contribution in [0.5, 0.6) is 0 Å². The highest BCUT2D eigenvalue weighted by Gasteiger charge is 2.39. The van der Waals surface area contributed by atoms with Crippen molar-refractivity contribution in [1.82, 2.24) is 14.7 Å². The predicted octanol–water partition coefficient (Wildman–Crippen LogP) is 1.35. The number of benzene rings is 1. The maximum atomic E-state index is 13.7. The van der Waals surface area contributed by atoms with Crippen molar-refractivity contribution in [3.05, 3.63) is 53.4 Å². The van der Waals surface area contributed by atoms with Gasteiger partial charge in [-0.2, -0.15) is 5.10 Å². The molecular formula is C17H17F2N3O3. The SMILES string of the molecule is Cn1cc(C[C@H]2CC(=O)N(C[C@@H](O)c3ccc(F)cc3F)C2=O)cn1. The maximum Gasteiger partial charge on any atom is 0.233 e. The van der Waals surface area contributed by atoms with Gasteiger partial charge in [0.15, 0.2) is 0 Å². The molecule has 6 nitrogen and oxygen atoms in total. The molecule has 25 heavy (non-hydrogen) atoms. The molecule has 0 bridgehead atoms. The number of aliphatic hydroxyl groups is 1. The van der Waals surface area contributed by atoms with Gasteiger partial charge in [-0.3, -0.25) is 19.2 Å². The molecule has 1 aliphatic rings. The molecule has 2 aromatic rings. The molecule has 1 saturated heterocycles. The summed E-state index contributed by atoms with van der Waals surface area (Å²) in [5, 5.41) is 14.2. The van der Waals surface area contributed by atoms with Crippen molar-refractivity contribution < 1.29 is 23.5 Å². The number of likely N-dealkylation sites (tertiary alicyclic amines) is 1. The highest BCUT2D eigenvalue weighted by molar-refractivity contribution is 6.03. The van der Waals surface area contributed by atoms with Gasteiger partial charge in [0, 0.05) is 31.3 Å². The van der Waals surface area contributed by atoms with Gasteiger partial charge in [0.1, 0.15) is 11.6 Å². The molecule has 1 N–H and O–H groups in total. The first-order valence-corrected chi connectivity index (χ1v) is 7.80. The number of carbonyl (C=O) groups excluding carboxylic acids is 2. The van der Waals surface area contributed by atoms with Crippen molar-refractivity contribution in [2.24, 2.45) is 13.0 Å². The van der Waals surface area contributed by atoms with Gasteiger partial charge < -0.3 is 5.11 Å². The monoisotopic (exact) mass is 349 g/mol. The topological polar surface area (TPSA) is 75.4 Å². The molecule has 1 aliphatic heterocycles. The molecule has 2 amide bonds. The van der Waals surface area contributed by atoms with Crippen molar-refractivity contribution in [2.45, 2.75) is 18.9 Å². The average molecular weight is 349 g/mol. The van der Waals surface area contributed by atoms with E-state index in [1.165, 1.54) is 0 Å². The van der Waals surface area contributed by atoms with Crippen LogP contribution in [0.25, 0.3) is 0 Å². The molecule has 1 fully saturated rings. The molecule has 1 aromatic carbocycles. The van der Waals surface area contributed by atoms with E-state index in [-0.39, 0.29) is 18.5 Å². The van der Waals surface area contributed by atoms with E-state index in [1.54, 1.807) is 24.1 Å². The summed E-state index contributed by atoms with van der Waals surface area (Å²) in [6.07, 6.45) is 2.39. The number of hydrogen-bond acceptors (Lipinski definition) is 4. The summed E-state index contributed by atoms with van der Waals surface area (Å²) in [5.74, 6) is -3.03. The highest BCUT2D eigenvalue weighted by Crippen LogP contribution is 2.27. The predicted molar refractivity (Wildman–Crippen MR) is 83.1 cm³/mol. The molecule has 2 atom stereocenters. The van der Waals surface area contributed by atoms with E-state index in [1.807, 2.05) is 0 Å². The van der Waals surface area contributed by atoms with Crippen LogP contribution in [0.1, 0.15) is 23.7 Å². The number of aliphatic hydroxyl groups excluding tert-OH is 1. The van der Waals surface area contributed by atoms with Gasteiger partial charge >= 0.3 is 0 Å². The minimum Gasteiger partial charge on any atom is -0.386 e. The molecule has 3 rings (SSSR count). The summed E-state index contributed by atoms with van der Waals surface area (Å²) in [5.41, 5.74) is 0.679. The van der Waals surface area contributed by atoms with Crippen molar-refractivity contribution in [1.29, 1.82) is 0 Å². The first-order chi connectivity index (χ1) is 11.8. The molecule has 132 valence electrons. The van der Waals surface area contributed by atoms with Crippen molar-refractivity contribution in [3.8, 4) is 0 Å². The molecule has 0 spiro atoms. The van der Waals surface area contributed by atoms with E-state index in [4.69, 9.17) is 0 Å². The lowest BCUT2D eigenvalue weighted by Gasteiger charge is -2.19. The lowest BCUT2D eigenvalue weighted by molar-refractivity contribution is -0.141. The Balaban J connectivity index is 1.69. The zero-order valence-electron chi connectivity index (χ0n) is 13.5. The maximum absolute atomic E-state index is 13.7. The van der Waals surface area contributed by atoms with Gasteiger partial charge in [-0.25, -0.2) is 8.78 Å². The standard InChI is InChI=1S/C17H17F2N3O3/c1-21-8-10(7-20-21)4-11-5-16(24)22(17(11)25)9-15(23)13-3-2-12(18)6-14(13)19/h2-3,6-8,11,15,23H,4-5,9H2,1H3/t11-,15+/m0/s1. The second-order valence-electron chi connectivity index (χ2n) is 6.15. The summed E-state index contributed by atoms with van der Waals surface area (Å²) >= 11 is 0. The number of hydrogen-bond donors (Lipinski definition) is 1. The lowest BCUT2D eigenvalue weighted by atomic mass is 10.0. The second kappa shape index (κ2) is 6.72. The lowest BCUT2D eigenvalue weighted by Crippen LogP contribution is -2.35. The molecule has 0 radical (unpaired) electrons. The Morgan fingerprint density at radius 3 is 2.76 bits per heavy atom. The summed E-state index contributed by atoms with van der Waals surface area (Å²) < 4.78 is 28.3. The molecular weight excluding hydrogens is 332 g/mol. The van der Waals surface area contributed by atoms with E-state index in [0.717, 1.165) is 22.6 Å². The van der Waals surface area contributed by atoms with Crippen LogP contribution in [0, 0.1) is 17.6 Å². The molecule has 0 saturated carbocycles. The molecule has 8 heteroatoms. The van der Waals surface area contributed by atoms with Crippen LogP contribution in [-0.4, -0.2) is 38.1 Å². The fraction of sp³-hybridized carbons (Fsp3) is 0.353. The summed E-state index contributed by atoms with van der Waals surface area (Å²) in [7, 11) is 1.75. The van der Waals surface area contributed by atoms with E-state index in [0.29, 0.717) is 12.5 Å². The Labute approximate surface area is 142 Å². The Bertz CT molecular complexity index is 821. The first-order valence-electron chi connectivity index (χ1n) is 7.80. The smallest absolute Gasteiger partial charge is 0.233 e. The van der Waals surface area contributed by atoms with Gasteiger partial charge in [0.25, 0.3) is 0 Å². The number of aromatic nitrogens is 2.